The van der Waals surface area contributed by atoms with Gasteiger partial charge in [0, 0.05) is 19.8 Å². The van der Waals surface area contributed by atoms with Crippen LogP contribution in [0, 0.1) is 6.92 Å². The highest BCUT2D eigenvalue weighted by Crippen LogP contribution is 2.33. The van der Waals surface area contributed by atoms with Crippen molar-refractivity contribution in [3.63, 3.8) is 0 Å². The first-order chi connectivity index (χ1) is 9.11. The fraction of sp³-hybridized carbons (Fsp3) is 0.0714. The molecule has 98 valence electrons. The predicted octanol–water partition coefficient (Wildman–Crippen LogP) is 4.00. The molecular formula is C14H13BrN2OS. The van der Waals surface area contributed by atoms with Gasteiger partial charge in [-0.1, -0.05) is 40.7 Å². The summed E-state index contributed by atoms with van der Waals surface area (Å²) in [6, 6.07) is 14.0. The summed E-state index contributed by atoms with van der Waals surface area (Å²) in [4.78, 5) is 2.05. The Labute approximate surface area is 124 Å². The number of oxime groups is 1. The van der Waals surface area contributed by atoms with Crippen molar-refractivity contribution in [2.45, 2.75) is 16.7 Å². The largest absolute Gasteiger partial charge is 0.409 e. The van der Waals surface area contributed by atoms with Crippen LogP contribution in [0.3, 0.4) is 0 Å². The highest BCUT2D eigenvalue weighted by Gasteiger charge is 2.12. The molecule has 2 aromatic rings. The third-order valence-corrected chi connectivity index (χ3v) is 4.32. The Bertz CT molecular complexity index is 611. The summed E-state index contributed by atoms with van der Waals surface area (Å²) < 4.78 is 0.805. The first-order valence-corrected chi connectivity index (χ1v) is 7.23. The molecule has 0 unspecified atom stereocenters. The van der Waals surface area contributed by atoms with E-state index in [1.807, 2.05) is 18.2 Å². The van der Waals surface area contributed by atoms with Gasteiger partial charge in [0.25, 0.3) is 0 Å². The van der Waals surface area contributed by atoms with Crippen molar-refractivity contribution in [1.29, 1.82) is 0 Å². The topological polar surface area (TPSA) is 58.6 Å². The number of hydrogen-bond donors (Lipinski definition) is 2. The number of hydrogen-bond acceptors (Lipinski definition) is 3. The Morgan fingerprint density at radius 1 is 1.21 bits per heavy atom. The lowest BCUT2D eigenvalue weighted by Crippen LogP contribution is -2.15. The van der Waals surface area contributed by atoms with Gasteiger partial charge >= 0.3 is 0 Å². The number of amidine groups is 1. The molecule has 0 amide bonds. The maximum atomic E-state index is 8.87. The first-order valence-electron chi connectivity index (χ1n) is 5.62. The van der Waals surface area contributed by atoms with Gasteiger partial charge in [-0.3, -0.25) is 0 Å². The smallest absolute Gasteiger partial charge is 0.172 e. The molecule has 0 saturated carbocycles. The molecule has 0 atom stereocenters. The van der Waals surface area contributed by atoms with Gasteiger partial charge in [0.15, 0.2) is 5.84 Å². The molecule has 0 aromatic heterocycles. The number of halogens is 1. The third kappa shape index (κ3) is 3.30. The van der Waals surface area contributed by atoms with E-state index in [9.17, 15) is 0 Å². The molecule has 0 spiro atoms. The second-order valence-electron chi connectivity index (χ2n) is 4.01. The maximum absolute atomic E-state index is 8.87. The number of rotatable bonds is 3. The summed E-state index contributed by atoms with van der Waals surface area (Å²) in [6.07, 6.45) is 0. The lowest BCUT2D eigenvalue weighted by Gasteiger charge is -2.10. The highest BCUT2D eigenvalue weighted by atomic mass is 79.9. The molecule has 0 aliphatic carbocycles. The molecule has 2 aromatic carbocycles. The zero-order valence-corrected chi connectivity index (χ0v) is 12.7. The molecule has 0 bridgehead atoms. The van der Waals surface area contributed by atoms with Crippen molar-refractivity contribution in [2.24, 2.45) is 10.9 Å². The van der Waals surface area contributed by atoms with Gasteiger partial charge in [-0.05, 0) is 47.1 Å². The van der Waals surface area contributed by atoms with Crippen LogP contribution in [0.15, 0.2) is 61.9 Å². The van der Waals surface area contributed by atoms with Crippen LogP contribution in [0.5, 0.6) is 0 Å². The molecule has 0 aliphatic rings. The molecule has 3 N–H and O–H groups in total. The minimum absolute atomic E-state index is 0.0992. The predicted molar refractivity (Wildman–Crippen MR) is 82.0 cm³/mol. The van der Waals surface area contributed by atoms with Crippen LogP contribution in [0.2, 0.25) is 0 Å². The average molecular weight is 337 g/mol. The van der Waals surface area contributed by atoms with Crippen LogP contribution < -0.4 is 5.73 Å². The summed E-state index contributed by atoms with van der Waals surface area (Å²) in [5.74, 6) is 0.0992. The van der Waals surface area contributed by atoms with Gasteiger partial charge in [-0.2, -0.15) is 0 Å². The molecule has 0 radical (unpaired) electrons. The van der Waals surface area contributed by atoms with Crippen molar-refractivity contribution in [1.82, 2.24) is 0 Å². The standard InChI is InChI=1S/C14H13BrN2OS/c1-9-5-7-10(8-6-9)19-12-4-2-3-11(15)13(12)14(16)17-18/h2-8,18H,1H3,(H2,16,17). The molecule has 0 saturated heterocycles. The van der Waals surface area contributed by atoms with E-state index >= 15 is 0 Å². The molecule has 2 rings (SSSR count). The number of aryl methyl sites for hydroxylation is 1. The van der Waals surface area contributed by atoms with Crippen LogP contribution in [-0.4, -0.2) is 11.0 Å². The Morgan fingerprint density at radius 3 is 2.53 bits per heavy atom. The zero-order valence-electron chi connectivity index (χ0n) is 10.3. The van der Waals surface area contributed by atoms with Crippen LogP contribution in [-0.2, 0) is 0 Å². The molecule has 0 fully saturated rings. The van der Waals surface area contributed by atoms with Crippen molar-refractivity contribution < 1.29 is 5.21 Å². The van der Waals surface area contributed by atoms with E-state index in [0.29, 0.717) is 5.56 Å². The molecule has 5 heteroatoms. The number of nitrogens with two attached hydrogens (primary N) is 1. The van der Waals surface area contributed by atoms with Crippen LogP contribution >= 0.6 is 27.7 Å². The number of nitrogens with zero attached hydrogens (tertiary/aromatic N) is 1. The van der Waals surface area contributed by atoms with Crippen LogP contribution in [0.1, 0.15) is 11.1 Å². The van der Waals surface area contributed by atoms with Gasteiger partial charge in [0.05, 0.1) is 0 Å². The minimum atomic E-state index is 0.0992. The van der Waals surface area contributed by atoms with Gasteiger partial charge in [0.2, 0.25) is 0 Å². The van der Waals surface area contributed by atoms with Gasteiger partial charge in [-0.25, -0.2) is 0 Å². The van der Waals surface area contributed by atoms with Crippen LogP contribution in [0.25, 0.3) is 0 Å². The molecule has 3 nitrogen and oxygen atoms in total. The monoisotopic (exact) mass is 336 g/mol. The zero-order chi connectivity index (χ0) is 13.8. The van der Waals surface area contributed by atoms with E-state index < -0.39 is 0 Å². The molecule has 0 aliphatic heterocycles. The summed E-state index contributed by atoms with van der Waals surface area (Å²) in [6.45, 7) is 2.05. The van der Waals surface area contributed by atoms with Crippen molar-refractivity contribution in [3.05, 3.63) is 58.1 Å². The fourth-order valence-corrected chi connectivity index (χ4v) is 3.31. The summed E-state index contributed by atoms with van der Waals surface area (Å²) >= 11 is 5.01. The van der Waals surface area contributed by atoms with Crippen molar-refractivity contribution in [3.8, 4) is 0 Å². The second kappa shape index (κ2) is 6.12. The van der Waals surface area contributed by atoms with E-state index in [-0.39, 0.29) is 5.84 Å². The van der Waals surface area contributed by atoms with E-state index in [2.05, 4.69) is 52.3 Å². The lowest BCUT2D eigenvalue weighted by atomic mass is 10.2. The second-order valence-corrected chi connectivity index (χ2v) is 5.98. The Hall–Kier alpha value is -1.46. The minimum Gasteiger partial charge on any atom is -0.409 e. The summed E-state index contributed by atoms with van der Waals surface area (Å²) in [5.41, 5.74) is 7.65. The van der Waals surface area contributed by atoms with Crippen molar-refractivity contribution in [2.75, 3.05) is 0 Å². The van der Waals surface area contributed by atoms with Gasteiger partial charge in [0.1, 0.15) is 0 Å². The summed E-state index contributed by atoms with van der Waals surface area (Å²) in [7, 11) is 0. The van der Waals surface area contributed by atoms with E-state index in [1.54, 1.807) is 11.8 Å². The normalized spacial score (nSPS) is 11.6. The lowest BCUT2D eigenvalue weighted by molar-refractivity contribution is 0.318. The Balaban J connectivity index is 2.40. The first kappa shape index (κ1) is 14.0. The molecule has 19 heavy (non-hydrogen) atoms. The maximum Gasteiger partial charge on any atom is 0.172 e. The van der Waals surface area contributed by atoms with E-state index in [0.717, 1.165) is 14.3 Å². The Morgan fingerprint density at radius 2 is 1.89 bits per heavy atom. The average Bonchev–Trinajstić information content (AvgIpc) is 2.41. The molecule has 0 heterocycles. The quantitative estimate of drug-likeness (QED) is 0.385. The SMILES string of the molecule is Cc1ccc(Sc2cccc(Br)c2/C(N)=N/O)cc1. The van der Waals surface area contributed by atoms with E-state index in [1.165, 1.54) is 5.56 Å². The number of benzene rings is 2. The third-order valence-electron chi connectivity index (χ3n) is 2.59. The fourth-order valence-electron chi connectivity index (χ4n) is 1.62. The van der Waals surface area contributed by atoms with Gasteiger partial charge in [-0.15, -0.1) is 0 Å². The molecular weight excluding hydrogens is 324 g/mol. The van der Waals surface area contributed by atoms with Gasteiger partial charge < -0.3 is 10.9 Å². The highest BCUT2D eigenvalue weighted by molar-refractivity contribution is 9.10. The Kier molecular flexibility index (Phi) is 4.50. The van der Waals surface area contributed by atoms with Crippen LogP contribution in [0.4, 0.5) is 0 Å². The van der Waals surface area contributed by atoms with E-state index in [4.69, 9.17) is 10.9 Å². The summed E-state index contributed by atoms with van der Waals surface area (Å²) in [5, 5.41) is 12.0. The van der Waals surface area contributed by atoms with Crippen molar-refractivity contribution >= 4 is 33.5 Å².